The van der Waals surface area contributed by atoms with Gasteiger partial charge in [-0.05, 0) is 43.2 Å². The standard InChI is InChI=1S/C22H23N5O3S2/c28-20(23-22-25-24-21(31-22)16-9-10-16)17-5-4-8-19(15-17)32(29,30)27-13-11-26(12-14-27)18-6-2-1-3-7-18/h1-8,15-16H,9-14H2,(H,23,25,28). The molecule has 1 saturated heterocycles. The number of sulfonamides is 1. The van der Waals surface area contributed by atoms with E-state index in [1.54, 1.807) is 12.1 Å². The second-order valence-electron chi connectivity index (χ2n) is 7.93. The zero-order valence-electron chi connectivity index (χ0n) is 17.3. The molecule has 2 aliphatic rings. The van der Waals surface area contributed by atoms with Gasteiger partial charge >= 0.3 is 0 Å². The highest BCUT2D eigenvalue weighted by Gasteiger charge is 2.30. The van der Waals surface area contributed by atoms with Crippen molar-refractivity contribution in [1.82, 2.24) is 14.5 Å². The molecule has 2 fully saturated rings. The summed E-state index contributed by atoms with van der Waals surface area (Å²) in [5, 5.41) is 12.2. The fraction of sp³-hybridized carbons (Fsp3) is 0.318. The molecule has 2 heterocycles. The third-order valence-corrected chi connectivity index (χ3v) is 8.58. The number of nitrogens with one attached hydrogen (secondary N) is 1. The number of nitrogens with zero attached hydrogens (tertiary/aromatic N) is 4. The van der Waals surface area contributed by atoms with Gasteiger partial charge in [0.2, 0.25) is 15.2 Å². The SMILES string of the molecule is O=C(Nc1nnc(C2CC2)s1)c1cccc(S(=O)(=O)N2CCN(c3ccccc3)CC2)c1. The van der Waals surface area contributed by atoms with E-state index >= 15 is 0 Å². The molecule has 1 amide bonds. The Morgan fingerprint density at radius 1 is 0.969 bits per heavy atom. The van der Waals surface area contributed by atoms with Gasteiger partial charge in [-0.3, -0.25) is 10.1 Å². The number of rotatable bonds is 6. The second-order valence-corrected chi connectivity index (χ2v) is 10.9. The largest absolute Gasteiger partial charge is 0.369 e. The van der Waals surface area contributed by atoms with Crippen LogP contribution in [-0.2, 0) is 10.0 Å². The van der Waals surface area contributed by atoms with Crippen molar-refractivity contribution in [3.8, 4) is 0 Å². The van der Waals surface area contributed by atoms with Crippen molar-refractivity contribution in [2.75, 3.05) is 36.4 Å². The number of piperazine rings is 1. The van der Waals surface area contributed by atoms with Gasteiger partial charge in [-0.15, -0.1) is 10.2 Å². The summed E-state index contributed by atoms with van der Waals surface area (Å²) >= 11 is 1.37. The van der Waals surface area contributed by atoms with E-state index in [4.69, 9.17) is 0 Å². The molecular formula is C22H23N5O3S2. The Balaban J connectivity index is 1.27. The molecule has 3 aromatic rings. The van der Waals surface area contributed by atoms with Gasteiger partial charge < -0.3 is 4.90 Å². The van der Waals surface area contributed by atoms with Crippen LogP contribution >= 0.6 is 11.3 Å². The zero-order chi connectivity index (χ0) is 22.1. The maximum absolute atomic E-state index is 13.2. The van der Waals surface area contributed by atoms with Gasteiger partial charge in [0.15, 0.2) is 0 Å². The Bertz CT molecular complexity index is 1220. The number of hydrogen-bond acceptors (Lipinski definition) is 7. The first-order chi connectivity index (χ1) is 15.5. The third-order valence-electron chi connectivity index (χ3n) is 5.68. The number of carbonyl (C=O) groups is 1. The summed E-state index contributed by atoms with van der Waals surface area (Å²) in [6.45, 7) is 2.01. The van der Waals surface area contributed by atoms with E-state index in [-0.39, 0.29) is 10.5 Å². The molecule has 1 N–H and O–H groups in total. The lowest BCUT2D eigenvalue weighted by molar-refractivity contribution is 0.102. The van der Waals surface area contributed by atoms with Crippen LogP contribution in [0.4, 0.5) is 10.8 Å². The highest BCUT2D eigenvalue weighted by Crippen LogP contribution is 2.42. The average molecular weight is 470 g/mol. The molecule has 10 heteroatoms. The number of anilines is 2. The van der Waals surface area contributed by atoms with Gasteiger partial charge in [0.1, 0.15) is 5.01 Å². The van der Waals surface area contributed by atoms with Crippen LogP contribution in [0, 0.1) is 0 Å². The Hall–Kier alpha value is -2.82. The summed E-state index contributed by atoms with van der Waals surface area (Å²) in [6, 6.07) is 16.1. The molecule has 1 saturated carbocycles. The quantitative estimate of drug-likeness (QED) is 0.596. The van der Waals surface area contributed by atoms with Gasteiger partial charge in [0.05, 0.1) is 4.90 Å². The van der Waals surface area contributed by atoms with Crippen LogP contribution in [0.3, 0.4) is 0 Å². The molecule has 1 aromatic heterocycles. The Morgan fingerprint density at radius 3 is 2.44 bits per heavy atom. The Labute approximate surface area is 190 Å². The van der Waals surface area contributed by atoms with Crippen LogP contribution in [-0.4, -0.2) is 55.0 Å². The van der Waals surface area contributed by atoms with Crippen LogP contribution in [0.15, 0.2) is 59.5 Å². The highest BCUT2D eigenvalue weighted by atomic mass is 32.2. The number of hydrogen-bond donors (Lipinski definition) is 1. The van der Waals surface area contributed by atoms with E-state index in [1.807, 2.05) is 30.3 Å². The van der Waals surface area contributed by atoms with Crippen LogP contribution in [0.25, 0.3) is 0 Å². The van der Waals surface area contributed by atoms with Gasteiger partial charge in [0.25, 0.3) is 5.91 Å². The minimum atomic E-state index is -3.69. The number of para-hydroxylation sites is 1. The molecule has 0 radical (unpaired) electrons. The van der Waals surface area contributed by atoms with Crippen molar-refractivity contribution < 1.29 is 13.2 Å². The topological polar surface area (TPSA) is 95.5 Å². The average Bonchev–Trinajstić information content (AvgIpc) is 3.58. The first kappa shape index (κ1) is 21.0. The minimum absolute atomic E-state index is 0.120. The monoisotopic (exact) mass is 469 g/mol. The van der Waals surface area contributed by atoms with Gasteiger partial charge in [-0.25, -0.2) is 8.42 Å². The summed E-state index contributed by atoms with van der Waals surface area (Å²) in [7, 11) is -3.69. The summed E-state index contributed by atoms with van der Waals surface area (Å²) in [6.07, 6.45) is 2.23. The van der Waals surface area contributed by atoms with Gasteiger partial charge in [0, 0.05) is 43.3 Å². The van der Waals surface area contributed by atoms with Gasteiger partial charge in [-0.2, -0.15) is 4.31 Å². The molecule has 8 nitrogen and oxygen atoms in total. The van der Waals surface area contributed by atoms with E-state index in [2.05, 4.69) is 20.4 Å². The minimum Gasteiger partial charge on any atom is -0.369 e. The predicted molar refractivity (Wildman–Crippen MR) is 124 cm³/mol. The first-order valence-electron chi connectivity index (χ1n) is 10.6. The summed E-state index contributed by atoms with van der Waals surface area (Å²) in [5.74, 6) is 0.0726. The van der Waals surface area contributed by atoms with Gasteiger partial charge in [-0.1, -0.05) is 35.6 Å². The fourth-order valence-electron chi connectivity index (χ4n) is 3.72. The van der Waals surface area contributed by atoms with E-state index < -0.39 is 15.9 Å². The molecule has 5 rings (SSSR count). The van der Waals surface area contributed by atoms with E-state index in [1.165, 1.54) is 27.8 Å². The number of benzene rings is 2. The maximum Gasteiger partial charge on any atom is 0.257 e. The molecule has 0 spiro atoms. The second kappa shape index (κ2) is 8.61. The van der Waals surface area contributed by atoms with Crippen LogP contribution in [0.5, 0.6) is 0 Å². The molecule has 32 heavy (non-hydrogen) atoms. The number of amides is 1. The molecule has 2 aromatic carbocycles. The highest BCUT2D eigenvalue weighted by molar-refractivity contribution is 7.89. The molecule has 1 aliphatic heterocycles. The third kappa shape index (κ3) is 4.38. The summed E-state index contributed by atoms with van der Waals surface area (Å²) < 4.78 is 27.9. The van der Waals surface area contributed by atoms with Crippen molar-refractivity contribution in [2.24, 2.45) is 0 Å². The molecule has 1 aliphatic carbocycles. The molecule has 0 bridgehead atoms. The number of aromatic nitrogens is 2. The Kier molecular flexibility index (Phi) is 5.66. The van der Waals surface area contributed by atoms with Crippen molar-refractivity contribution in [2.45, 2.75) is 23.7 Å². The fourth-order valence-corrected chi connectivity index (χ4v) is 6.10. The molecular weight excluding hydrogens is 446 g/mol. The van der Waals surface area contributed by atoms with E-state index in [0.717, 1.165) is 23.5 Å². The molecule has 0 unspecified atom stereocenters. The predicted octanol–water partition coefficient (Wildman–Crippen LogP) is 3.18. The first-order valence-corrected chi connectivity index (χ1v) is 12.8. The number of carbonyl (C=O) groups excluding carboxylic acids is 1. The lowest BCUT2D eigenvalue weighted by atomic mass is 10.2. The van der Waals surface area contributed by atoms with Crippen LogP contribution < -0.4 is 10.2 Å². The lowest BCUT2D eigenvalue weighted by Gasteiger charge is -2.35. The maximum atomic E-state index is 13.2. The smallest absolute Gasteiger partial charge is 0.257 e. The normalized spacial score (nSPS) is 17.3. The van der Waals surface area contributed by atoms with Crippen molar-refractivity contribution in [3.05, 3.63) is 65.2 Å². The van der Waals surface area contributed by atoms with Crippen LogP contribution in [0.2, 0.25) is 0 Å². The Morgan fingerprint density at radius 2 is 1.72 bits per heavy atom. The lowest BCUT2D eigenvalue weighted by Crippen LogP contribution is -2.48. The van der Waals surface area contributed by atoms with Crippen molar-refractivity contribution >= 4 is 38.1 Å². The van der Waals surface area contributed by atoms with E-state index in [9.17, 15) is 13.2 Å². The van der Waals surface area contributed by atoms with Crippen molar-refractivity contribution in [1.29, 1.82) is 0 Å². The van der Waals surface area contributed by atoms with Crippen molar-refractivity contribution in [3.63, 3.8) is 0 Å². The van der Waals surface area contributed by atoms with Crippen LogP contribution in [0.1, 0.15) is 34.1 Å². The molecule has 0 atom stereocenters. The zero-order valence-corrected chi connectivity index (χ0v) is 19.0. The molecule has 166 valence electrons. The summed E-state index contributed by atoms with van der Waals surface area (Å²) in [5.41, 5.74) is 1.36. The van der Waals surface area contributed by atoms with E-state index in [0.29, 0.717) is 37.2 Å². The summed E-state index contributed by atoms with van der Waals surface area (Å²) in [4.78, 5) is 15.0.